The summed E-state index contributed by atoms with van der Waals surface area (Å²) in [6.07, 6.45) is -4.67. The van der Waals surface area contributed by atoms with E-state index in [9.17, 15) is 22.8 Å². The molecule has 5 nitrogen and oxygen atoms in total. The van der Waals surface area contributed by atoms with Crippen molar-refractivity contribution in [1.29, 1.82) is 0 Å². The second-order valence-corrected chi connectivity index (χ2v) is 7.20. The molecule has 166 valence electrons. The lowest BCUT2D eigenvalue weighted by Crippen LogP contribution is -2.19. The first-order chi connectivity index (χ1) is 15.1. The van der Waals surface area contributed by atoms with Crippen LogP contribution in [0.5, 0.6) is 5.75 Å². The van der Waals surface area contributed by atoms with Crippen molar-refractivity contribution in [2.75, 3.05) is 10.6 Å². The first-order valence-corrected chi connectivity index (χ1v) is 9.80. The average molecular weight is 442 g/mol. The minimum absolute atomic E-state index is 0.0124. The standard InChI is InChI=1S/C24H21F3N2O3/c1-15(2)32-21-13-6-4-11-19(21)23(31)29-20-12-5-3-10-18(20)22(30)28-17-9-7-8-16(14-17)24(25,26)27/h3-15H,1-2H3,(H,28,30)(H,29,31). The van der Waals surface area contributed by atoms with Crippen LogP contribution in [-0.2, 0) is 6.18 Å². The first-order valence-electron chi connectivity index (χ1n) is 9.80. The second kappa shape index (κ2) is 9.55. The van der Waals surface area contributed by atoms with Crippen LogP contribution in [0.1, 0.15) is 40.1 Å². The number of anilines is 2. The van der Waals surface area contributed by atoms with Gasteiger partial charge in [-0.15, -0.1) is 0 Å². The van der Waals surface area contributed by atoms with E-state index >= 15 is 0 Å². The topological polar surface area (TPSA) is 67.4 Å². The Kier molecular flexibility index (Phi) is 6.82. The summed E-state index contributed by atoms with van der Waals surface area (Å²) >= 11 is 0. The van der Waals surface area contributed by atoms with Gasteiger partial charge in [0.2, 0.25) is 0 Å². The van der Waals surface area contributed by atoms with Crippen molar-refractivity contribution in [1.82, 2.24) is 0 Å². The Morgan fingerprint density at radius 3 is 2.12 bits per heavy atom. The summed E-state index contributed by atoms with van der Waals surface area (Å²) in [5.41, 5.74) is -0.295. The molecule has 0 atom stereocenters. The molecule has 0 radical (unpaired) electrons. The van der Waals surface area contributed by atoms with E-state index in [1.807, 2.05) is 13.8 Å². The van der Waals surface area contributed by atoms with Gasteiger partial charge in [-0.05, 0) is 56.3 Å². The third-order valence-electron chi connectivity index (χ3n) is 4.36. The Morgan fingerprint density at radius 1 is 0.812 bits per heavy atom. The number of benzene rings is 3. The number of carbonyl (C=O) groups excluding carboxylic acids is 2. The highest BCUT2D eigenvalue weighted by atomic mass is 19.4. The molecule has 8 heteroatoms. The Morgan fingerprint density at radius 2 is 1.44 bits per heavy atom. The average Bonchev–Trinajstić information content (AvgIpc) is 2.73. The number of alkyl halides is 3. The zero-order chi connectivity index (χ0) is 23.3. The van der Waals surface area contributed by atoms with Crippen LogP contribution in [0.25, 0.3) is 0 Å². The van der Waals surface area contributed by atoms with Crippen LogP contribution in [-0.4, -0.2) is 17.9 Å². The van der Waals surface area contributed by atoms with Gasteiger partial charge in [-0.2, -0.15) is 13.2 Å². The van der Waals surface area contributed by atoms with E-state index in [1.54, 1.807) is 36.4 Å². The Labute approximate surface area is 183 Å². The summed E-state index contributed by atoms with van der Waals surface area (Å²) in [4.78, 5) is 25.6. The monoisotopic (exact) mass is 442 g/mol. The normalized spacial score (nSPS) is 11.2. The van der Waals surface area contributed by atoms with Crippen LogP contribution in [0.2, 0.25) is 0 Å². The Balaban J connectivity index is 1.83. The molecule has 0 heterocycles. The molecule has 0 aliphatic rings. The molecule has 0 bridgehead atoms. The summed E-state index contributed by atoms with van der Waals surface area (Å²) < 4.78 is 44.5. The van der Waals surface area contributed by atoms with Crippen LogP contribution in [0.15, 0.2) is 72.8 Å². The van der Waals surface area contributed by atoms with Gasteiger partial charge in [-0.25, -0.2) is 0 Å². The highest BCUT2D eigenvalue weighted by molar-refractivity contribution is 6.13. The lowest BCUT2D eigenvalue weighted by molar-refractivity contribution is -0.137. The third kappa shape index (κ3) is 5.66. The molecule has 0 saturated heterocycles. The van der Waals surface area contributed by atoms with Crippen molar-refractivity contribution >= 4 is 23.2 Å². The number of ether oxygens (including phenoxy) is 1. The first kappa shape index (κ1) is 22.9. The fourth-order valence-electron chi connectivity index (χ4n) is 2.96. The number of rotatable bonds is 6. The van der Waals surface area contributed by atoms with Crippen LogP contribution in [0.3, 0.4) is 0 Å². The number of halogens is 3. The molecule has 0 saturated carbocycles. The molecule has 0 fully saturated rings. The molecule has 0 unspecified atom stereocenters. The SMILES string of the molecule is CC(C)Oc1ccccc1C(=O)Nc1ccccc1C(=O)Nc1cccc(C(F)(F)F)c1. The molecule has 0 aliphatic heterocycles. The summed E-state index contributed by atoms with van der Waals surface area (Å²) in [5, 5.41) is 5.13. The van der Waals surface area contributed by atoms with Crippen LogP contribution < -0.4 is 15.4 Å². The molecule has 3 rings (SSSR count). The van der Waals surface area contributed by atoms with Gasteiger partial charge < -0.3 is 15.4 Å². The predicted octanol–water partition coefficient (Wildman–Crippen LogP) is 6.00. The fraction of sp³-hybridized carbons (Fsp3) is 0.167. The summed E-state index contributed by atoms with van der Waals surface area (Å²) in [7, 11) is 0. The summed E-state index contributed by atoms with van der Waals surface area (Å²) in [6, 6.07) is 17.2. The van der Waals surface area contributed by atoms with E-state index in [4.69, 9.17) is 4.74 Å². The van der Waals surface area contributed by atoms with Crippen molar-refractivity contribution < 1.29 is 27.5 Å². The quantitative estimate of drug-likeness (QED) is 0.492. The van der Waals surface area contributed by atoms with Crippen LogP contribution >= 0.6 is 0 Å². The van der Waals surface area contributed by atoms with E-state index in [1.165, 1.54) is 24.3 Å². The molecule has 3 aromatic carbocycles. The lowest BCUT2D eigenvalue weighted by atomic mass is 10.1. The van der Waals surface area contributed by atoms with Gasteiger partial charge in [0, 0.05) is 5.69 Å². The van der Waals surface area contributed by atoms with Gasteiger partial charge in [0.05, 0.1) is 28.5 Å². The van der Waals surface area contributed by atoms with Gasteiger partial charge in [-0.1, -0.05) is 30.3 Å². The molecule has 2 N–H and O–H groups in total. The summed E-state index contributed by atoms with van der Waals surface area (Å²) in [6.45, 7) is 3.67. The number of hydrogen-bond donors (Lipinski definition) is 2. The zero-order valence-electron chi connectivity index (χ0n) is 17.4. The van der Waals surface area contributed by atoms with Gasteiger partial charge >= 0.3 is 6.18 Å². The molecule has 0 aliphatic carbocycles. The van der Waals surface area contributed by atoms with Crippen molar-refractivity contribution in [2.45, 2.75) is 26.1 Å². The maximum atomic E-state index is 12.9. The van der Waals surface area contributed by atoms with Crippen molar-refractivity contribution in [2.24, 2.45) is 0 Å². The Hall–Kier alpha value is -3.81. The molecule has 32 heavy (non-hydrogen) atoms. The number of carbonyl (C=O) groups is 2. The van der Waals surface area contributed by atoms with Gasteiger partial charge in [0.15, 0.2) is 0 Å². The molecular formula is C24H21F3N2O3. The van der Waals surface area contributed by atoms with Gasteiger partial charge in [-0.3, -0.25) is 9.59 Å². The lowest BCUT2D eigenvalue weighted by Gasteiger charge is -2.15. The maximum absolute atomic E-state index is 12.9. The van der Waals surface area contributed by atoms with E-state index in [2.05, 4.69) is 10.6 Å². The van der Waals surface area contributed by atoms with E-state index < -0.39 is 23.6 Å². The van der Waals surface area contributed by atoms with E-state index in [-0.39, 0.29) is 28.6 Å². The predicted molar refractivity (Wildman–Crippen MR) is 116 cm³/mol. The molecule has 0 aromatic heterocycles. The molecule has 2 amide bonds. The number of para-hydroxylation sites is 2. The maximum Gasteiger partial charge on any atom is 0.416 e. The number of nitrogens with one attached hydrogen (secondary N) is 2. The van der Waals surface area contributed by atoms with Crippen molar-refractivity contribution in [3.05, 3.63) is 89.5 Å². The highest BCUT2D eigenvalue weighted by Crippen LogP contribution is 2.31. The van der Waals surface area contributed by atoms with Crippen LogP contribution in [0.4, 0.5) is 24.5 Å². The molecular weight excluding hydrogens is 421 g/mol. The zero-order valence-corrected chi connectivity index (χ0v) is 17.4. The van der Waals surface area contributed by atoms with Gasteiger partial charge in [0.1, 0.15) is 5.75 Å². The Bertz CT molecular complexity index is 1130. The number of amides is 2. The smallest absolute Gasteiger partial charge is 0.416 e. The fourth-order valence-corrected chi connectivity index (χ4v) is 2.96. The largest absolute Gasteiger partial charge is 0.490 e. The van der Waals surface area contributed by atoms with Crippen molar-refractivity contribution in [3.63, 3.8) is 0 Å². The van der Waals surface area contributed by atoms with E-state index in [0.29, 0.717) is 5.75 Å². The third-order valence-corrected chi connectivity index (χ3v) is 4.36. The highest BCUT2D eigenvalue weighted by Gasteiger charge is 2.30. The molecule has 3 aromatic rings. The van der Waals surface area contributed by atoms with Crippen LogP contribution in [0, 0.1) is 0 Å². The summed E-state index contributed by atoms with van der Waals surface area (Å²) in [5.74, 6) is -0.751. The minimum Gasteiger partial charge on any atom is -0.490 e. The van der Waals surface area contributed by atoms with Gasteiger partial charge in [0.25, 0.3) is 11.8 Å². The number of hydrogen-bond acceptors (Lipinski definition) is 3. The molecule has 0 spiro atoms. The minimum atomic E-state index is -4.53. The van der Waals surface area contributed by atoms with E-state index in [0.717, 1.165) is 12.1 Å². The second-order valence-electron chi connectivity index (χ2n) is 7.20. The van der Waals surface area contributed by atoms with Crippen molar-refractivity contribution in [3.8, 4) is 5.75 Å².